The summed E-state index contributed by atoms with van der Waals surface area (Å²) in [6.07, 6.45) is 0. The Morgan fingerprint density at radius 2 is 2.15 bits per heavy atom. The van der Waals surface area contributed by atoms with E-state index in [-0.39, 0.29) is 17.0 Å². The number of rotatable bonds is 4. The van der Waals surface area contributed by atoms with Gasteiger partial charge in [0.1, 0.15) is 5.82 Å². The molecule has 0 bridgehead atoms. The number of nitro groups is 1. The first-order chi connectivity index (χ1) is 9.40. The molecule has 0 saturated heterocycles. The second-order valence-corrected chi connectivity index (χ2v) is 5.01. The van der Waals surface area contributed by atoms with Crippen molar-refractivity contribution < 1.29 is 9.72 Å². The van der Waals surface area contributed by atoms with Gasteiger partial charge < -0.3 is 5.84 Å². The summed E-state index contributed by atoms with van der Waals surface area (Å²) in [5, 5.41) is 19.0. The highest BCUT2D eigenvalue weighted by Gasteiger charge is 2.19. The van der Waals surface area contributed by atoms with Crippen LogP contribution in [0.4, 0.5) is 5.69 Å². The van der Waals surface area contributed by atoms with Crippen LogP contribution in [-0.2, 0) is 0 Å². The van der Waals surface area contributed by atoms with Crippen LogP contribution in [0.3, 0.4) is 0 Å². The van der Waals surface area contributed by atoms with Gasteiger partial charge in [0, 0.05) is 11.6 Å². The third-order valence-corrected chi connectivity index (χ3v) is 3.62. The van der Waals surface area contributed by atoms with Crippen LogP contribution < -0.4 is 5.84 Å². The standard InChI is InChI=1S/C11H11N5O3S/c1-6(17)8-3-4-10(9(5-8)16(18)19)20-11-14-13-7(2)15(11)12/h3-5H,12H2,1-2H3. The minimum atomic E-state index is -0.543. The van der Waals surface area contributed by atoms with Gasteiger partial charge in [0.2, 0.25) is 5.16 Å². The molecule has 0 aliphatic carbocycles. The van der Waals surface area contributed by atoms with E-state index in [9.17, 15) is 14.9 Å². The maximum atomic E-state index is 11.3. The molecule has 0 aliphatic heterocycles. The molecule has 2 rings (SSSR count). The average Bonchev–Trinajstić information content (AvgIpc) is 2.70. The molecule has 1 aromatic carbocycles. The number of nitrogens with two attached hydrogens (primary N) is 1. The second kappa shape index (κ2) is 5.29. The summed E-state index contributed by atoms with van der Waals surface area (Å²) < 4.78 is 1.24. The van der Waals surface area contributed by atoms with Gasteiger partial charge in [0.25, 0.3) is 5.69 Å². The number of hydrogen-bond donors (Lipinski definition) is 1. The van der Waals surface area contributed by atoms with Crippen LogP contribution in [0.25, 0.3) is 0 Å². The quantitative estimate of drug-likeness (QED) is 0.393. The van der Waals surface area contributed by atoms with E-state index in [2.05, 4.69) is 10.2 Å². The second-order valence-electron chi connectivity index (χ2n) is 4.00. The Balaban J connectivity index is 2.43. The molecule has 104 valence electrons. The van der Waals surface area contributed by atoms with E-state index in [0.29, 0.717) is 15.9 Å². The van der Waals surface area contributed by atoms with Crippen LogP contribution in [0.5, 0.6) is 0 Å². The fraction of sp³-hybridized carbons (Fsp3) is 0.182. The van der Waals surface area contributed by atoms with Crippen molar-refractivity contribution in [2.75, 3.05) is 5.84 Å². The van der Waals surface area contributed by atoms with Crippen LogP contribution in [0.1, 0.15) is 23.1 Å². The molecule has 0 fully saturated rings. The molecule has 0 radical (unpaired) electrons. The van der Waals surface area contributed by atoms with Crippen molar-refractivity contribution in [1.82, 2.24) is 14.9 Å². The van der Waals surface area contributed by atoms with Gasteiger partial charge in [-0.3, -0.25) is 14.9 Å². The number of Topliss-reactive ketones (excluding diaryl/α,β-unsaturated/α-hetero) is 1. The molecule has 20 heavy (non-hydrogen) atoms. The van der Waals surface area contributed by atoms with Crippen molar-refractivity contribution in [1.29, 1.82) is 0 Å². The van der Waals surface area contributed by atoms with Gasteiger partial charge in [-0.25, -0.2) is 4.68 Å². The third-order valence-electron chi connectivity index (χ3n) is 2.60. The number of nitrogens with zero attached hydrogens (tertiary/aromatic N) is 4. The van der Waals surface area contributed by atoms with Crippen molar-refractivity contribution in [2.24, 2.45) is 0 Å². The van der Waals surface area contributed by atoms with Crippen LogP contribution in [0, 0.1) is 17.0 Å². The first-order valence-electron chi connectivity index (χ1n) is 5.54. The van der Waals surface area contributed by atoms with Gasteiger partial charge in [-0.1, -0.05) is 0 Å². The number of aryl methyl sites for hydroxylation is 1. The van der Waals surface area contributed by atoms with Gasteiger partial charge in [-0.2, -0.15) is 0 Å². The summed E-state index contributed by atoms with van der Waals surface area (Å²) in [7, 11) is 0. The molecule has 0 amide bonds. The maximum absolute atomic E-state index is 11.3. The Morgan fingerprint density at radius 3 is 2.65 bits per heavy atom. The van der Waals surface area contributed by atoms with Crippen molar-refractivity contribution >= 4 is 23.2 Å². The number of nitro benzene ring substituents is 1. The van der Waals surface area contributed by atoms with E-state index in [1.807, 2.05) is 0 Å². The van der Waals surface area contributed by atoms with Gasteiger partial charge in [-0.05, 0) is 37.7 Å². The average molecular weight is 293 g/mol. The molecule has 9 heteroatoms. The highest BCUT2D eigenvalue weighted by Crippen LogP contribution is 2.34. The highest BCUT2D eigenvalue weighted by atomic mass is 32.2. The van der Waals surface area contributed by atoms with E-state index in [4.69, 9.17) is 5.84 Å². The zero-order valence-corrected chi connectivity index (χ0v) is 11.5. The number of ketones is 1. The fourth-order valence-electron chi connectivity index (χ4n) is 1.48. The molecule has 1 aromatic heterocycles. The Morgan fingerprint density at radius 1 is 1.45 bits per heavy atom. The van der Waals surface area contributed by atoms with Gasteiger partial charge in [-0.15, -0.1) is 10.2 Å². The number of hydrogen-bond acceptors (Lipinski definition) is 7. The molecular weight excluding hydrogens is 282 g/mol. The number of benzene rings is 1. The zero-order valence-electron chi connectivity index (χ0n) is 10.7. The summed E-state index contributed by atoms with van der Waals surface area (Å²) in [5.74, 6) is 5.96. The van der Waals surface area contributed by atoms with Crippen molar-refractivity contribution in [2.45, 2.75) is 23.9 Å². The summed E-state index contributed by atoms with van der Waals surface area (Å²) in [6.45, 7) is 3.02. The SMILES string of the molecule is CC(=O)c1ccc(Sc2nnc(C)n2N)c([N+](=O)[O-])c1. The van der Waals surface area contributed by atoms with Gasteiger partial charge >= 0.3 is 0 Å². The molecular formula is C11H11N5O3S. The smallest absolute Gasteiger partial charge is 0.284 e. The van der Waals surface area contributed by atoms with Crippen molar-refractivity contribution in [3.8, 4) is 0 Å². The molecule has 0 aliphatic rings. The number of nitrogen functional groups attached to an aromatic ring is 1. The Bertz CT molecular complexity index is 697. The number of carbonyl (C=O) groups is 1. The van der Waals surface area contributed by atoms with E-state index in [1.165, 1.54) is 29.8 Å². The minimum absolute atomic E-state index is 0.164. The molecule has 0 spiro atoms. The molecule has 1 heterocycles. The lowest BCUT2D eigenvalue weighted by molar-refractivity contribution is -0.387. The lowest BCUT2D eigenvalue weighted by Gasteiger charge is -2.04. The zero-order chi connectivity index (χ0) is 14.9. The van der Waals surface area contributed by atoms with E-state index < -0.39 is 4.92 Å². The molecule has 0 unspecified atom stereocenters. The predicted octanol–water partition coefficient (Wildman–Crippen LogP) is 1.56. The highest BCUT2D eigenvalue weighted by molar-refractivity contribution is 7.99. The maximum Gasteiger partial charge on any atom is 0.284 e. The van der Waals surface area contributed by atoms with Gasteiger partial charge in [0.15, 0.2) is 5.78 Å². The first-order valence-corrected chi connectivity index (χ1v) is 6.36. The van der Waals surface area contributed by atoms with Crippen LogP contribution in [-0.4, -0.2) is 25.6 Å². The molecule has 8 nitrogen and oxygen atoms in total. The fourth-order valence-corrected chi connectivity index (χ4v) is 2.37. The molecule has 0 saturated carbocycles. The Kier molecular flexibility index (Phi) is 3.70. The van der Waals surface area contributed by atoms with Gasteiger partial charge in [0.05, 0.1) is 9.82 Å². The minimum Gasteiger partial charge on any atom is -0.336 e. The topological polar surface area (TPSA) is 117 Å². The molecule has 0 atom stereocenters. The molecule has 2 aromatic rings. The Labute approximate surface area is 118 Å². The largest absolute Gasteiger partial charge is 0.336 e. The summed E-state index contributed by atoms with van der Waals surface area (Å²) in [6, 6.07) is 4.28. The summed E-state index contributed by atoms with van der Waals surface area (Å²) in [5.41, 5.74) is 0.120. The summed E-state index contributed by atoms with van der Waals surface area (Å²) >= 11 is 1.02. The van der Waals surface area contributed by atoms with E-state index in [0.717, 1.165) is 11.8 Å². The number of carbonyl (C=O) groups excluding carboxylic acids is 1. The lowest BCUT2D eigenvalue weighted by atomic mass is 10.1. The Hall–Kier alpha value is -2.42. The van der Waals surface area contributed by atoms with E-state index >= 15 is 0 Å². The molecule has 2 N–H and O–H groups in total. The normalized spacial score (nSPS) is 10.5. The van der Waals surface area contributed by atoms with Crippen LogP contribution in [0.2, 0.25) is 0 Å². The summed E-state index contributed by atoms with van der Waals surface area (Å²) in [4.78, 5) is 22.2. The van der Waals surface area contributed by atoms with Crippen LogP contribution >= 0.6 is 11.8 Å². The third kappa shape index (κ3) is 2.62. The number of aromatic nitrogens is 3. The first kappa shape index (κ1) is 14.0. The van der Waals surface area contributed by atoms with Crippen molar-refractivity contribution in [3.63, 3.8) is 0 Å². The lowest BCUT2D eigenvalue weighted by Crippen LogP contribution is -2.11. The van der Waals surface area contributed by atoms with E-state index in [1.54, 1.807) is 6.92 Å². The van der Waals surface area contributed by atoms with Crippen molar-refractivity contribution in [3.05, 3.63) is 39.7 Å². The predicted molar refractivity (Wildman–Crippen MR) is 72.1 cm³/mol. The monoisotopic (exact) mass is 293 g/mol. The van der Waals surface area contributed by atoms with Crippen LogP contribution in [0.15, 0.2) is 28.3 Å².